The van der Waals surface area contributed by atoms with Crippen LogP contribution in [0, 0.1) is 6.92 Å². The van der Waals surface area contributed by atoms with Gasteiger partial charge in [0.1, 0.15) is 0 Å². The van der Waals surface area contributed by atoms with Crippen LogP contribution in [0.4, 0.5) is 0 Å². The van der Waals surface area contributed by atoms with Crippen LogP contribution in [0.2, 0.25) is 0 Å². The molecular formula is C17H23BrN2O. The van der Waals surface area contributed by atoms with Gasteiger partial charge in [-0.1, -0.05) is 22.0 Å². The second-order valence-electron chi connectivity index (χ2n) is 6.20. The number of benzene rings is 1. The fourth-order valence-corrected chi connectivity index (χ4v) is 3.92. The molecule has 21 heavy (non-hydrogen) atoms. The van der Waals surface area contributed by atoms with Gasteiger partial charge in [0.25, 0.3) is 5.91 Å². The zero-order valence-electron chi connectivity index (χ0n) is 12.6. The molecule has 0 radical (unpaired) electrons. The Labute approximate surface area is 135 Å². The summed E-state index contributed by atoms with van der Waals surface area (Å²) in [5, 5.41) is 0. The molecule has 3 nitrogen and oxygen atoms in total. The first-order chi connectivity index (χ1) is 10.2. The van der Waals surface area contributed by atoms with Crippen molar-refractivity contribution in [3.8, 4) is 0 Å². The molecule has 2 fully saturated rings. The second kappa shape index (κ2) is 6.49. The van der Waals surface area contributed by atoms with Gasteiger partial charge in [-0.25, -0.2) is 0 Å². The van der Waals surface area contributed by atoms with Crippen molar-refractivity contribution in [1.82, 2.24) is 9.80 Å². The van der Waals surface area contributed by atoms with E-state index in [0.717, 1.165) is 35.1 Å². The second-order valence-corrected chi connectivity index (χ2v) is 7.06. The van der Waals surface area contributed by atoms with E-state index in [9.17, 15) is 4.79 Å². The van der Waals surface area contributed by atoms with E-state index in [0.29, 0.717) is 6.04 Å². The van der Waals surface area contributed by atoms with Crippen LogP contribution in [0.25, 0.3) is 0 Å². The van der Waals surface area contributed by atoms with Crippen molar-refractivity contribution in [3.63, 3.8) is 0 Å². The number of hydrogen-bond acceptors (Lipinski definition) is 2. The van der Waals surface area contributed by atoms with Crippen LogP contribution in [-0.4, -0.2) is 47.9 Å². The molecule has 3 rings (SSSR count). The standard InChI is InChI=1S/C17H23BrN2O/c1-13-15(7-4-8-16(13)18)17(21)20-11-5-6-14(12-20)19-9-2-3-10-19/h4,7-8,14H,2-3,5-6,9-12H2,1H3. The van der Waals surface area contributed by atoms with Gasteiger partial charge < -0.3 is 4.90 Å². The Morgan fingerprint density at radius 1 is 1.19 bits per heavy atom. The Morgan fingerprint density at radius 2 is 1.95 bits per heavy atom. The van der Waals surface area contributed by atoms with E-state index in [1.165, 1.54) is 32.4 Å². The Hall–Kier alpha value is -0.870. The third-order valence-corrected chi connectivity index (χ3v) is 5.70. The molecule has 0 aliphatic carbocycles. The predicted molar refractivity (Wildman–Crippen MR) is 88.6 cm³/mol. The molecule has 1 aromatic rings. The molecule has 1 atom stereocenters. The van der Waals surface area contributed by atoms with E-state index in [2.05, 4.69) is 25.7 Å². The summed E-state index contributed by atoms with van der Waals surface area (Å²) in [4.78, 5) is 17.5. The highest BCUT2D eigenvalue weighted by molar-refractivity contribution is 9.10. The van der Waals surface area contributed by atoms with Gasteiger partial charge in [0.15, 0.2) is 0 Å². The molecule has 2 saturated heterocycles. The lowest BCUT2D eigenvalue weighted by Gasteiger charge is -2.37. The number of hydrogen-bond donors (Lipinski definition) is 0. The van der Waals surface area contributed by atoms with Crippen LogP contribution >= 0.6 is 15.9 Å². The minimum atomic E-state index is 0.192. The molecule has 1 aromatic carbocycles. The Balaban J connectivity index is 1.73. The van der Waals surface area contributed by atoms with E-state index in [1.807, 2.05) is 25.1 Å². The first-order valence-corrected chi connectivity index (χ1v) is 8.74. The molecule has 1 amide bonds. The van der Waals surface area contributed by atoms with Crippen LogP contribution in [-0.2, 0) is 0 Å². The summed E-state index contributed by atoms with van der Waals surface area (Å²) in [6.45, 7) is 6.23. The average Bonchev–Trinajstić information content (AvgIpc) is 3.04. The number of piperidine rings is 1. The van der Waals surface area contributed by atoms with Crippen molar-refractivity contribution in [2.45, 2.75) is 38.6 Å². The lowest BCUT2D eigenvalue weighted by molar-refractivity contribution is 0.0607. The molecule has 0 spiro atoms. The number of rotatable bonds is 2. The number of amides is 1. The number of likely N-dealkylation sites (tertiary alicyclic amines) is 2. The minimum Gasteiger partial charge on any atom is -0.337 e. The number of halogens is 1. The van der Waals surface area contributed by atoms with Crippen molar-refractivity contribution in [2.24, 2.45) is 0 Å². The molecule has 2 aliphatic heterocycles. The van der Waals surface area contributed by atoms with Crippen molar-refractivity contribution in [2.75, 3.05) is 26.2 Å². The van der Waals surface area contributed by atoms with Crippen molar-refractivity contribution in [1.29, 1.82) is 0 Å². The lowest BCUT2D eigenvalue weighted by Crippen LogP contribution is -2.49. The van der Waals surface area contributed by atoms with Gasteiger partial charge in [-0.05, 0) is 63.4 Å². The van der Waals surface area contributed by atoms with Crippen LogP contribution in [0.1, 0.15) is 41.6 Å². The van der Waals surface area contributed by atoms with E-state index in [1.54, 1.807) is 0 Å². The van der Waals surface area contributed by atoms with Crippen molar-refractivity contribution in [3.05, 3.63) is 33.8 Å². The highest BCUT2D eigenvalue weighted by Gasteiger charge is 2.30. The third kappa shape index (κ3) is 3.16. The largest absolute Gasteiger partial charge is 0.337 e. The molecule has 0 bridgehead atoms. The average molecular weight is 351 g/mol. The summed E-state index contributed by atoms with van der Waals surface area (Å²) in [6, 6.07) is 6.46. The van der Waals surface area contributed by atoms with Gasteiger partial charge in [-0.15, -0.1) is 0 Å². The Morgan fingerprint density at radius 3 is 2.71 bits per heavy atom. The first-order valence-electron chi connectivity index (χ1n) is 7.95. The summed E-state index contributed by atoms with van der Waals surface area (Å²) in [7, 11) is 0. The highest BCUT2D eigenvalue weighted by atomic mass is 79.9. The molecule has 0 saturated carbocycles. The molecule has 4 heteroatoms. The summed E-state index contributed by atoms with van der Waals surface area (Å²) < 4.78 is 1.02. The van der Waals surface area contributed by atoms with Crippen LogP contribution in [0.5, 0.6) is 0 Å². The van der Waals surface area contributed by atoms with Gasteiger partial charge >= 0.3 is 0 Å². The first kappa shape index (κ1) is 15.0. The van der Waals surface area contributed by atoms with E-state index >= 15 is 0 Å². The number of nitrogens with zero attached hydrogens (tertiary/aromatic N) is 2. The van der Waals surface area contributed by atoms with Gasteiger partial charge in [0.2, 0.25) is 0 Å². The lowest BCUT2D eigenvalue weighted by atomic mass is 10.0. The molecule has 0 N–H and O–H groups in total. The summed E-state index contributed by atoms with van der Waals surface area (Å²) in [5.41, 5.74) is 1.89. The van der Waals surface area contributed by atoms with E-state index in [-0.39, 0.29) is 5.91 Å². The number of carbonyl (C=O) groups is 1. The zero-order chi connectivity index (χ0) is 14.8. The zero-order valence-corrected chi connectivity index (χ0v) is 14.2. The SMILES string of the molecule is Cc1c(Br)cccc1C(=O)N1CCCC(N2CCCC2)C1. The summed E-state index contributed by atoms with van der Waals surface area (Å²) in [5.74, 6) is 0.192. The Kier molecular flexibility index (Phi) is 4.65. The molecule has 2 aliphatic rings. The fraction of sp³-hybridized carbons (Fsp3) is 0.588. The van der Waals surface area contributed by atoms with Crippen molar-refractivity contribution < 1.29 is 4.79 Å². The summed E-state index contributed by atoms with van der Waals surface area (Å²) >= 11 is 3.53. The topological polar surface area (TPSA) is 23.6 Å². The maximum Gasteiger partial charge on any atom is 0.254 e. The number of carbonyl (C=O) groups excluding carboxylic acids is 1. The van der Waals surface area contributed by atoms with E-state index in [4.69, 9.17) is 0 Å². The Bertz CT molecular complexity index is 526. The third-order valence-electron chi connectivity index (χ3n) is 4.84. The van der Waals surface area contributed by atoms with Gasteiger partial charge in [0, 0.05) is 29.2 Å². The smallest absolute Gasteiger partial charge is 0.254 e. The predicted octanol–water partition coefficient (Wildman–Crippen LogP) is 3.46. The van der Waals surface area contributed by atoms with Gasteiger partial charge in [-0.2, -0.15) is 0 Å². The quantitative estimate of drug-likeness (QED) is 0.815. The monoisotopic (exact) mass is 350 g/mol. The van der Waals surface area contributed by atoms with Gasteiger partial charge in [-0.3, -0.25) is 9.69 Å². The van der Waals surface area contributed by atoms with Crippen molar-refractivity contribution >= 4 is 21.8 Å². The normalized spacial score (nSPS) is 23.5. The van der Waals surface area contributed by atoms with Crippen LogP contribution in [0.15, 0.2) is 22.7 Å². The fourth-order valence-electron chi connectivity index (χ4n) is 3.55. The minimum absolute atomic E-state index is 0.192. The molecule has 1 unspecified atom stereocenters. The molecular weight excluding hydrogens is 328 g/mol. The molecule has 2 heterocycles. The molecule has 0 aromatic heterocycles. The van der Waals surface area contributed by atoms with Gasteiger partial charge in [0.05, 0.1) is 0 Å². The highest BCUT2D eigenvalue weighted by Crippen LogP contribution is 2.24. The maximum atomic E-state index is 12.8. The molecule has 114 valence electrons. The van der Waals surface area contributed by atoms with E-state index < -0.39 is 0 Å². The summed E-state index contributed by atoms with van der Waals surface area (Å²) in [6.07, 6.45) is 4.99. The van der Waals surface area contributed by atoms with Crippen LogP contribution in [0.3, 0.4) is 0 Å². The maximum absolute atomic E-state index is 12.8. The van der Waals surface area contributed by atoms with Crippen LogP contribution < -0.4 is 0 Å².